The molecule has 0 heterocycles. The van der Waals surface area contributed by atoms with E-state index in [0.717, 1.165) is 4.90 Å². The Bertz CT molecular complexity index is 479. The third-order valence-corrected chi connectivity index (χ3v) is 3.18. The topological polar surface area (TPSA) is 90.2 Å². The fourth-order valence-electron chi connectivity index (χ4n) is 1.23. The van der Waals surface area contributed by atoms with Crippen LogP contribution < -0.4 is 5.32 Å². The van der Waals surface area contributed by atoms with Gasteiger partial charge < -0.3 is 10.4 Å². The fourth-order valence-corrected chi connectivity index (χ4v) is 2.14. The third kappa shape index (κ3) is 4.47. The van der Waals surface area contributed by atoms with Gasteiger partial charge in [-0.15, -0.1) is 11.8 Å². The lowest BCUT2D eigenvalue weighted by Crippen LogP contribution is -2.41. The second-order valence-electron chi connectivity index (χ2n) is 3.54. The van der Waals surface area contributed by atoms with E-state index >= 15 is 0 Å². The van der Waals surface area contributed by atoms with Crippen LogP contribution in [0.4, 0.5) is 0 Å². The molecule has 0 fully saturated rings. The smallest absolute Gasteiger partial charge is 0.327 e. The first-order valence-electron chi connectivity index (χ1n) is 5.16. The summed E-state index contributed by atoms with van der Waals surface area (Å²) in [4.78, 5) is 22.6. The Kier molecular flexibility index (Phi) is 5.21. The van der Waals surface area contributed by atoms with E-state index in [4.69, 9.17) is 10.4 Å². The molecule has 0 radical (unpaired) electrons. The summed E-state index contributed by atoms with van der Waals surface area (Å²) in [6.45, 7) is 1.28. The lowest BCUT2D eigenvalue weighted by atomic mass is 10.2. The molecule has 1 rings (SSSR count). The maximum Gasteiger partial charge on any atom is 0.327 e. The van der Waals surface area contributed by atoms with Gasteiger partial charge in [0.1, 0.15) is 6.04 Å². The van der Waals surface area contributed by atoms with Crippen molar-refractivity contribution >= 4 is 23.6 Å². The molecule has 2 N–H and O–H groups in total. The van der Waals surface area contributed by atoms with Gasteiger partial charge in [-0.1, -0.05) is 0 Å². The SMILES string of the molecule is CC(=O)N[C@@H](CSc1ccc(C#N)cc1)C(=O)O. The maximum absolute atomic E-state index is 10.9. The third-order valence-electron chi connectivity index (χ3n) is 2.08. The minimum atomic E-state index is -1.06. The van der Waals surface area contributed by atoms with E-state index in [-0.39, 0.29) is 11.7 Å². The molecule has 1 aromatic carbocycles. The van der Waals surface area contributed by atoms with Crippen molar-refractivity contribution in [2.24, 2.45) is 0 Å². The molecule has 0 saturated carbocycles. The highest BCUT2D eigenvalue weighted by Crippen LogP contribution is 2.19. The van der Waals surface area contributed by atoms with Crippen LogP contribution in [0.3, 0.4) is 0 Å². The molecule has 0 unspecified atom stereocenters. The largest absolute Gasteiger partial charge is 0.480 e. The van der Waals surface area contributed by atoms with Gasteiger partial charge in [0.2, 0.25) is 5.91 Å². The number of carbonyl (C=O) groups excluding carboxylic acids is 1. The minimum Gasteiger partial charge on any atom is -0.480 e. The van der Waals surface area contributed by atoms with Crippen LogP contribution in [-0.2, 0) is 9.59 Å². The number of carboxylic acids is 1. The summed E-state index contributed by atoms with van der Waals surface area (Å²) in [6.07, 6.45) is 0. The molecule has 0 aromatic heterocycles. The van der Waals surface area contributed by atoms with Crippen molar-refractivity contribution in [1.29, 1.82) is 5.26 Å². The quantitative estimate of drug-likeness (QED) is 0.781. The molecule has 0 aliphatic heterocycles. The second-order valence-corrected chi connectivity index (χ2v) is 4.63. The van der Waals surface area contributed by atoms with Crippen molar-refractivity contribution < 1.29 is 14.7 Å². The first kappa shape index (κ1) is 14.1. The number of nitrogens with zero attached hydrogens (tertiary/aromatic N) is 1. The van der Waals surface area contributed by atoms with Gasteiger partial charge in [-0.2, -0.15) is 5.26 Å². The molecule has 1 aromatic rings. The molecule has 1 amide bonds. The minimum absolute atomic E-state index is 0.237. The Labute approximate surface area is 109 Å². The number of amides is 1. The molecule has 6 heteroatoms. The predicted octanol–water partition coefficient (Wildman–Crippen LogP) is 1.24. The van der Waals surface area contributed by atoms with Crippen LogP contribution in [0.25, 0.3) is 0 Å². The highest BCUT2D eigenvalue weighted by Gasteiger charge is 2.18. The van der Waals surface area contributed by atoms with Crippen LogP contribution in [0.5, 0.6) is 0 Å². The van der Waals surface area contributed by atoms with Crippen LogP contribution in [0, 0.1) is 11.3 Å². The first-order valence-corrected chi connectivity index (χ1v) is 6.14. The molecule has 5 nitrogen and oxygen atoms in total. The summed E-state index contributed by atoms with van der Waals surface area (Å²) in [7, 11) is 0. The average Bonchev–Trinajstić information content (AvgIpc) is 2.34. The Morgan fingerprint density at radius 3 is 2.50 bits per heavy atom. The standard InChI is InChI=1S/C12H12N2O3S/c1-8(15)14-11(12(16)17)7-18-10-4-2-9(6-13)3-5-10/h2-5,11H,7H2,1H3,(H,14,15)(H,16,17)/t11-/m0/s1. The molecule has 0 aliphatic rings. The maximum atomic E-state index is 10.9. The first-order chi connectivity index (χ1) is 8.52. The van der Waals surface area contributed by atoms with Crippen LogP contribution in [0.1, 0.15) is 12.5 Å². The lowest BCUT2D eigenvalue weighted by molar-refractivity contribution is -0.140. The Morgan fingerprint density at radius 1 is 1.44 bits per heavy atom. The molecule has 0 bridgehead atoms. The van der Waals surface area contributed by atoms with Crippen molar-refractivity contribution in [3.05, 3.63) is 29.8 Å². The number of thioether (sulfide) groups is 1. The molecule has 1 atom stereocenters. The van der Waals surface area contributed by atoms with Gasteiger partial charge in [0, 0.05) is 17.6 Å². The molecule has 0 aliphatic carbocycles. The lowest BCUT2D eigenvalue weighted by Gasteiger charge is -2.12. The zero-order chi connectivity index (χ0) is 13.5. The van der Waals surface area contributed by atoms with Crippen LogP contribution in [0.15, 0.2) is 29.2 Å². The summed E-state index contributed by atoms with van der Waals surface area (Å²) in [5, 5.41) is 19.9. The highest BCUT2D eigenvalue weighted by atomic mass is 32.2. The van der Waals surface area contributed by atoms with Crippen molar-refractivity contribution in [3.8, 4) is 6.07 Å². The molecular formula is C12H12N2O3S. The number of carboxylic acid groups (broad SMARTS) is 1. The number of nitrogens with one attached hydrogen (secondary N) is 1. The van der Waals surface area contributed by atoms with Crippen LogP contribution >= 0.6 is 11.8 Å². The normalized spacial score (nSPS) is 11.3. The van der Waals surface area contributed by atoms with E-state index in [1.165, 1.54) is 18.7 Å². The Morgan fingerprint density at radius 2 is 2.06 bits per heavy atom. The number of carbonyl (C=O) groups is 2. The predicted molar refractivity (Wildman–Crippen MR) is 67.1 cm³/mol. The van der Waals surface area contributed by atoms with Gasteiger partial charge >= 0.3 is 5.97 Å². The number of hydrogen-bond acceptors (Lipinski definition) is 4. The van der Waals surface area contributed by atoms with Gasteiger partial charge in [-0.3, -0.25) is 4.79 Å². The fraction of sp³-hybridized carbons (Fsp3) is 0.250. The zero-order valence-electron chi connectivity index (χ0n) is 9.71. The van der Waals surface area contributed by atoms with Crippen molar-refractivity contribution in [3.63, 3.8) is 0 Å². The monoisotopic (exact) mass is 264 g/mol. The number of benzene rings is 1. The van der Waals surface area contributed by atoms with Crippen molar-refractivity contribution in [2.75, 3.05) is 5.75 Å². The zero-order valence-corrected chi connectivity index (χ0v) is 10.5. The molecular weight excluding hydrogens is 252 g/mol. The molecule has 0 saturated heterocycles. The Balaban J connectivity index is 2.58. The Hall–Kier alpha value is -2.00. The van der Waals surface area contributed by atoms with E-state index in [0.29, 0.717) is 5.56 Å². The van der Waals surface area contributed by atoms with E-state index in [1.807, 2.05) is 6.07 Å². The van der Waals surface area contributed by atoms with Crippen molar-refractivity contribution in [1.82, 2.24) is 5.32 Å². The summed E-state index contributed by atoms with van der Waals surface area (Å²) < 4.78 is 0. The number of hydrogen-bond donors (Lipinski definition) is 2. The van der Waals surface area contributed by atoms with E-state index in [9.17, 15) is 9.59 Å². The summed E-state index contributed by atoms with van der Waals surface area (Å²) in [6, 6.07) is 7.91. The van der Waals surface area contributed by atoms with E-state index in [1.54, 1.807) is 24.3 Å². The highest BCUT2D eigenvalue weighted by molar-refractivity contribution is 7.99. The molecule has 0 spiro atoms. The molecule has 94 valence electrons. The van der Waals surface area contributed by atoms with Crippen LogP contribution in [0.2, 0.25) is 0 Å². The van der Waals surface area contributed by atoms with E-state index < -0.39 is 12.0 Å². The summed E-state index contributed by atoms with van der Waals surface area (Å²) in [5.74, 6) is -1.20. The summed E-state index contributed by atoms with van der Waals surface area (Å²) >= 11 is 1.31. The number of aliphatic carboxylic acids is 1. The number of rotatable bonds is 5. The van der Waals surface area contributed by atoms with Gasteiger partial charge in [-0.25, -0.2) is 4.79 Å². The van der Waals surface area contributed by atoms with Crippen LogP contribution in [-0.4, -0.2) is 28.8 Å². The van der Waals surface area contributed by atoms with Gasteiger partial charge in [0.05, 0.1) is 11.6 Å². The van der Waals surface area contributed by atoms with Gasteiger partial charge in [-0.05, 0) is 24.3 Å². The molecule has 18 heavy (non-hydrogen) atoms. The van der Waals surface area contributed by atoms with Gasteiger partial charge in [0.15, 0.2) is 0 Å². The average molecular weight is 264 g/mol. The van der Waals surface area contributed by atoms with Gasteiger partial charge in [0.25, 0.3) is 0 Å². The number of nitriles is 1. The van der Waals surface area contributed by atoms with E-state index in [2.05, 4.69) is 5.32 Å². The van der Waals surface area contributed by atoms with Crippen molar-refractivity contribution in [2.45, 2.75) is 17.9 Å². The second kappa shape index (κ2) is 6.67. The summed E-state index contributed by atoms with van der Waals surface area (Å²) in [5.41, 5.74) is 0.552.